The first-order valence-corrected chi connectivity index (χ1v) is 13.9. The molecule has 32 heavy (non-hydrogen) atoms. The number of rotatable bonds is 7. The topological polar surface area (TPSA) is 0 Å². The summed E-state index contributed by atoms with van der Waals surface area (Å²) in [4.78, 5) is 0. The molecule has 0 radical (unpaired) electrons. The summed E-state index contributed by atoms with van der Waals surface area (Å²) >= 11 is 0. The highest BCUT2D eigenvalue weighted by Crippen LogP contribution is 2.56. The van der Waals surface area contributed by atoms with Gasteiger partial charge in [0, 0.05) is 11.7 Å². The smallest absolute Gasteiger partial charge is 0.108 e. The molecule has 162 valence electrons. The summed E-state index contributed by atoms with van der Waals surface area (Å²) in [7, 11) is -1.63. The van der Waals surface area contributed by atoms with E-state index in [4.69, 9.17) is 0 Å². The van der Waals surface area contributed by atoms with Crippen LogP contribution in [0.2, 0.25) is 0 Å². The summed E-state index contributed by atoms with van der Waals surface area (Å²) in [6.45, 7) is 4.54. The van der Waals surface area contributed by atoms with Crippen molar-refractivity contribution in [1.82, 2.24) is 0 Å². The number of hydrogen-bond acceptors (Lipinski definition) is 0. The van der Waals surface area contributed by atoms with E-state index < -0.39 is 15.8 Å². The lowest BCUT2D eigenvalue weighted by Crippen LogP contribution is -2.15. The van der Waals surface area contributed by atoms with Crippen molar-refractivity contribution in [1.29, 1.82) is 0 Å². The van der Waals surface area contributed by atoms with Gasteiger partial charge in [0.15, 0.2) is 0 Å². The lowest BCUT2D eigenvalue weighted by atomic mass is 10.2. The third kappa shape index (κ3) is 5.35. The van der Waals surface area contributed by atoms with Gasteiger partial charge in [0.1, 0.15) is 5.83 Å². The second-order valence-corrected chi connectivity index (χ2v) is 12.4. The van der Waals surface area contributed by atoms with Crippen LogP contribution in [0.5, 0.6) is 0 Å². The Morgan fingerprint density at radius 3 is 1.75 bits per heavy atom. The summed E-state index contributed by atoms with van der Waals surface area (Å²) in [6.07, 6.45) is 5.44. The molecule has 0 saturated carbocycles. The average Bonchev–Trinajstić information content (AvgIpc) is 2.84. The van der Waals surface area contributed by atoms with Gasteiger partial charge in [0.2, 0.25) is 0 Å². The van der Waals surface area contributed by atoms with Crippen molar-refractivity contribution in [3.05, 3.63) is 125 Å². The van der Waals surface area contributed by atoms with Crippen molar-refractivity contribution in [3.63, 3.8) is 0 Å². The van der Waals surface area contributed by atoms with Crippen molar-refractivity contribution >= 4 is 31.8 Å². The molecule has 3 aromatic rings. The van der Waals surface area contributed by atoms with E-state index in [1.54, 1.807) is 0 Å². The molecule has 0 saturated heterocycles. The lowest BCUT2D eigenvalue weighted by molar-refractivity contribution is 0.585. The maximum Gasteiger partial charge on any atom is 0.108 e. The van der Waals surface area contributed by atoms with E-state index in [1.807, 2.05) is 12.1 Å². The fourth-order valence-corrected chi connectivity index (χ4v) is 9.33. The minimum absolute atomic E-state index is 0.0468. The van der Waals surface area contributed by atoms with Gasteiger partial charge in [-0.3, -0.25) is 0 Å². The Morgan fingerprint density at radius 1 is 0.781 bits per heavy atom. The van der Waals surface area contributed by atoms with Crippen LogP contribution in [0.4, 0.5) is 4.39 Å². The first-order valence-electron chi connectivity index (χ1n) is 11.2. The molecule has 0 heterocycles. The van der Waals surface area contributed by atoms with Crippen molar-refractivity contribution in [2.24, 2.45) is 5.92 Å². The minimum Gasteiger partial charge on any atom is -0.211 e. The lowest BCUT2D eigenvalue weighted by Gasteiger charge is -2.28. The van der Waals surface area contributed by atoms with Crippen LogP contribution in [0.25, 0.3) is 0 Å². The minimum atomic E-state index is -0.926. The zero-order chi connectivity index (χ0) is 22.3. The van der Waals surface area contributed by atoms with Crippen LogP contribution in [-0.4, -0.2) is 0 Å². The normalized spacial score (nSPS) is 15.5. The number of halogens is 1. The molecule has 1 aliphatic rings. The first kappa shape index (κ1) is 22.8. The van der Waals surface area contributed by atoms with E-state index in [9.17, 15) is 0 Å². The second kappa shape index (κ2) is 11.0. The molecule has 0 aliphatic heterocycles. The van der Waals surface area contributed by atoms with Crippen LogP contribution < -0.4 is 15.9 Å². The molecule has 3 aromatic carbocycles. The summed E-state index contributed by atoms with van der Waals surface area (Å²) in [5.74, 6) is 2.82. The Bertz CT molecular complexity index is 1060. The molecule has 1 unspecified atom stereocenters. The fraction of sp³-hybridized carbons (Fsp3) is 0.172. The molecule has 0 aromatic heterocycles. The van der Waals surface area contributed by atoms with E-state index in [0.717, 1.165) is 11.7 Å². The SMILES string of the molecule is CC(C)/C(=C/P(C1=C(F)CCC=C1)c1ccccc1)P(c1ccccc1)c1ccccc1. The van der Waals surface area contributed by atoms with Gasteiger partial charge >= 0.3 is 0 Å². The van der Waals surface area contributed by atoms with E-state index in [1.165, 1.54) is 21.2 Å². The Balaban J connectivity index is 1.91. The molecular weight excluding hydrogens is 429 g/mol. The standard InChI is InChI=1S/C29H29FP2/c1-23(2)29(32(25-16-8-4-9-17-25)26-18-10-5-11-19-26)22-31(24-14-6-3-7-15-24)28-21-13-12-20-27(28)30/h3-11,13-19,21-23H,12,20H2,1-2H3/b29-22-. The molecular formula is C29H29FP2. The average molecular weight is 458 g/mol. The summed E-state index contributed by atoms with van der Waals surface area (Å²) in [6, 6.07) is 32.0. The van der Waals surface area contributed by atoms with Gasteiger partial charge in [0.05, 0.1) is 0 Å². The maximum atomic E-state index is 15.1. The van der Waals surface area contributed by atoms with E-state index in [0.29, 0.717) is 12.3 Å². The quantitative estimate of drug-likeness (QED) is 0.315. The fourth-order valence-electron chi connectivity index (χ4n) is 3.90. The highest BCUT2D eigenvalue weighted by Gasteiger charge is 2.25. The molecule has 0 amide bonds. The molecule has 4 rings (SSSR count). The predicted molar refractivity (Wildman–Crippen MR) is 141 cm³/mol. The van der Waals surface area contributed by atoms with Gasteiger partial charge in [-0.2, -0.15) is 0 Å². The molecule has 0 spiro atoms. The number of hydrogen-bond donors (Lipinski definition) is 0. The highest BCUT2D eigenvalue weighted by atomic mass is 31.1. The largest absolute Gasteiger partial charge is 0.211 e. The summed E-state index contributed by atoms with van der Waals surface area (Å²) in [5.41, 5.74) is 0. The van der Waals surface area contributed by atoms with Crippen molar-refractivity contribution in [3.8, 4) is 0 Å². The van der Waals surface area contributed by atoms with E-state index in [-0.39, 0.29) is 5.83 Å². The summed E-state index contributed by atoms with van der Waals surface area (Å²) in [5, 5.41) is 6.15. The van der Waals surface area contributed by atoms with Crippen LogP contribution in [0.3, 0.4) is 0 Å². The molecule has 0 fully saturated rings. The maximum absolute atomic E-state index is 15.1. The molecule has 0 N–H and O–H groups in total. The van der Waals surface area contributed by atoms with Crippen molar-refractivity contribution in [2.45, 2.75) is 26.7 Å². The van der Waals surface area contributed by atoms with Crippen molar-refractivity contribution < 1.29 is 4.39 Å². The van der Waals surface area contributed by atoms with Gasteiger partial charge in [-0.15, -0.1) is 0 Å². The van der Waals surface area contributed by atoms with Gasteiger partial charge < -0.3 is 0 Å². The Hall–Kier alpha value is -2.33. The van der Waals surface area contributed by atoms with Crippen molar-refractivity contribution in [2.75, 3.05) is 0 Å². The first-order chi connectivity index (χ1) is 15.6. The van der Waals surface area contributed by atoms with Gasteiger partial charge in [-0.05, 0) is 55.2 Å². The molecule has 1 aliphatic carbocycles. The summed E-state index contributed by atoms with van der Waals surface area (Å²) < 4.78 is 15.1. The Morgan fingerprint density at radius 2 is 1.28 bits per heavy atom. The predicted octanol–water partition coefficient (Wildman–Crippen LogP) is 7.96. The Kier molecular flexibility index (Phi) is 7.85. The van der Waals surface area contributed by atoms with Crippen LogP contribution in [0.15, 0.2) is 125 Å². The Labute approximate surface area is 194 Å². The zero-order valence-corrected chi connectivity index (χ0v) is 20.4. The number of benzene rings is 3. The molecule has 3 heteroatoms. The van der Waals surface area contributed by atoms with Crippen LogP contribution in [0, 0.1) is 5.92 Å². The van der Waals surface area contributed by atoms with Crippen LogP contribution >= 0.6 is 15.8 Å². The third-order valence-corrected chi connectivity index (χ3v) is 10.8. The molecule has 1 atom stereocenters. The molecule has 0 nitrogen and oxygen atoms in total. The van der Waals surface area contributed by atoms with Crippen LogP contribution in [-0.2, 0) is 0 Å². The zero-order valence-electron chi connectivity index (χ0n) is 18.7. The second-order valence-electron chi connectivity index (χ2n) is 8.15. The third-order valence-electron chi connectivity index (χ3n) is 5.52. The number of allylic oxidation sites excluding steroid dienone is 5. The van der Waals surface area contributed by atoms with Gasteiger partial charge in [-0.25, -0.2) is 4.39 Å². The van der Waals surface area contributed by atoms with Gasteiger partial charge in [0.25, 0.3) is 0 Å². The highest BCUT2D eigenvalue weighted by molar-refractivity contribution is 7.79. The van der Waals surface area contributed by atoms with E-state index in [2.05, 4.69) is 111 Å². The van der Waals surface area contributed by atoms with Crippen LogP contribution in [0.1, 0.15) is 26.7 Å². The monoisotopic (exact) mass is 458 g/mol. The molecule has 0 bridgehead atoms. The van der Waals surface area contributed by atoms with E-state index >= 15 is 4.39 Å². The van der Waals surface area contributed by atoms with Gasteiger partial charge in [-0.1, -0.05) is 117 Å².